The van der Waals surface area contributed by atoms with Crippen LogP contribution in [-0.2, 0) is 42.7 Å². The van der Waals surface area contributed by atoms with E-state index in [0.29, 0.717) is 75.4 Å². The molecule has 28 nitrogen and oxygen atoms in total. The van der Waals surface area contributed by atoms with Crippen LogP contribution in [0.15, 0.2) is 189 Å². The summed E-state index contributed by atoms with van der Waals surface area (Å²) in [5, 5.41) is 27.7. The number of sulfonamides is 2. The molecule has 3 saturated heterocycles. The molecule has 7 aliphatic rings. The molecule has 0 bridgehead atoms. The number of hydrogen-bond acceptors (Lipinski definition) is 24. The lowest BCUT2D eigenvalue weighted by molar-refractivity contribution is -0.386. The largest absolute Gasteiger partial charge is 0.455 e. The second kappa shape index (κ2) is 38.9. The Labute approximate surface area is 770 Å². The molecule has 5 aliphatic heterocycles. The number of anilines is 2. The second-order valence-corrected chi connectivity index (χ2v) is 45.1. The Morgan fingerprint density at radius 1 is 0.535 bits per heavy atom. The molecule has 35 heteroatoms. The zero-order chi connectivity index (χ0) is 90.8. The van der Waals surface area contributed by atoms with Crippen LogP contribution in [0.3, 0.4) is 0 Å². The first kappa shape index (κ1) is 92.4. The number of amides is 2. The Balaban J connectivity index is 0.000000189. The Morgan fingerprint density at radius 3 is 1.36 bits per heavy atom. The van der Waals surface area contributed by atoms with Crippen LogP contribution in [0.1, 0.15) is 122 Å². The van der Waals surface area contributed by atoms with Crippen molar-refractivity contribution in [2.75, 3.05) is 139 Å². The zero-order valence-electron chi connectivity index (χ0n) is 72.9. The Morgan fingerprint density at radius 2 is 0.946 bits per heavy atom. The molecule has 4 N–H and O–H groups in total. The number of aromatic amines is 2. The van der Waals surface area contributed by atoms with Crippen LogP contribution < -0.4 is 28.7 Å². The van der Waals surface area contributed by atoms with Crippen molar-refractivity contribution in [3.8, 4) is 23.0 Å². The topological polar surface area (TPSA) is 342 Å². The third-order valence-corrected chi connectivity index (χ3v) is 32.5. The first-order valence-electron chi connectivity index (χ1n) is 43.6. The summed E-state index contributed by atoms with van der Waals surface area (Å²) >= 11 is 15.2. The molecule has 9 heterocycles. The number of hydrogen-bond donors (Lipinski definition) is 4. The summed E-state index contributed by atoms with van der Waals surface area (Å²) in [7, 11) is -10.3. The molecular formula is C94H106Cl2N14O14S5. The number of allylic oxidation sites excluding steroid dienone is 2. The standard InChI is InChI=1S/C49H57ClN8O6S2.C45H49ClN6O8S3/c1-49(2)13-10-36(43(29-49)34-4-6-37(50)7-5-34)31-56-20-22-57(23-21-56)38-8-9-41(45(26-38)64-39-25-35-11-14-51-47(35)52-30-39)48(59)53-66(62,63)40-27-44(58(60)61)42-24-33(32-65-46(42)28-40)12-15-55-18-16-54(3)17-19-55;1-45(2)13-10-32(39(25-45)30-4-6-33(46)7-5-30)27-50-15-17-51(18-16-50)34-8-9-37(41(22-34)60-35-21-31-11-14-47-43(31)48-26-35)44(53)49-63(58,59)36-23-40(52(54)55)38-20-29(12-19-62(3,56)57)28-61-42(38)24-36/h4-9,11,14,25-28,30,33H,10,12-13,15-24,29,31-32H2,1-3H3,(H,51,52)(H,53,59);4-9,11,14,21-24,26,29H,10,12-13,15-20,25,27-28H2,1-3H3,(H,47,48)(H,49,53)/t33-;29-/m11/s1. The van der Waals surface area contributed by atoms with Gasteiger partial charge in [-0.2, -0.15) is 0 Å². The van der Waals surface area contributed by atoms with E-state index < -0.39 is 62.1 Å². The van der Waals surface area contributed by atoms with Gasteiger partial charge in [0.05, 0.1) is 48.9 Å². The van der Waals surface area contributed by atoms with Gasteiger partial charge in [-0.25, -0.2) is 44.7 Å². The van der Waals surface area contributed by atoms with Crippen LogP contribution in [0.4, 0.5) is 22.7 Å². The maximum absolute atomic E-state index is 14.1. The average Bonchev–Trinajstić information content (AvgIpc) is 1.28. The van der Waals surface area contributed by atoms with Crippen molar-refractivity contribution in [1.82, 2.24) is 49.0 Å². The van der Waals surface area contributed by atoms with E-state index in [-0.39, 0.29) is 68.0 Å². The number of thioether (sulfide) groups is 2. The average molecular weight is 1890 g/mol. The number of H-pyrrole nitrogens is 2. The quantitative estimate of drug-likeness (QED) is 0.0289. The number of halogens is 2. The molecule has 6 aromatic carbocycles. The molecule has 0 radical (unpaired) electrons. The second-order valence-electron chi connectivity index (χ2n) is 36.5. The summed E-state index contributed by atoms with van der Waals surface area (Å²) in [6.07, 6.45) is 16.0. The number of nitrogens with zero attached hydrogens (tertiary/aromatic N) is 10. The minimum atomic E-state index is -4.62. The van der Waals surface area contributed by atoms with Crippen molar-refractivity contribution in [3.05, 3.63) is 233 Å². The smallest absolute Gasteiger partial charge is 0.275 e. The van der Waals surface area contributed by atoms with Gasteiger partial charge in [-0.1, -0.05) is 86.3 Å². The van der Waals surface area contributed by atoms with Crippen molar-refractivity contribution in [1.29, 1.82) is 0 Å². The number of likely N-dealkylation sites (N-methyl/N-ethyl adjacent to an activating group) is 1. The fourth-order valence-electron chi connectivity index (χ4n) is 18.2. The van der Waals surface area contributed by atoms with Crippen molar-refractivity contribution >= 4 is 144 Å². The van der Waals surface area contributed by atoms with E-state index in [1.165, 1.54) is 81.3 Å². The number of ether oxygens (including phenoxy) is 2. The molecule has 2 aliphatic carbocycles. The van der Waals surface area contributed by atoms with Gasteiger partial charge in [-0.3, -0.25) is 39.6 Å². The Hall–Kier alpha value is -9.91. The molecule has 680 valence electrons. The number of aromatic nitrogens is 4. The van der Waals surface area contributed by atoms with Gasteiger partial charge in [-0.05, 0) is 208 Å². The first-order valence-corrected chi connectivity index (χ1v) is 51.3. The summed E-state index contributed by atoms with van der Waals surface area (Å²) in [6, 6.07) is 38.6. The van der Waals surface area contributed by atoms with Crippen LogP contribution in [0, 0.1) is 42.9 Å². The number of carbonyl (C=O) groups excluding carboxylic acids is 2. The minimum Gasteiger partial charge on any atom is -0.455 e. The van der Waals surface area contributed by atoms with Crippen LogP contribution in [0.25, 0.3) is 33.2 Å². The number of nitro groups is 2. The molecule has 2 atom stereocenters. The fraction of sp³-hybridized carbons (Fsp3) is 0.404. The summed E-state index contributed by atoms with van der Waals surface area (Å²) < 4.78 is 96.3. The van der Waals surface area contributed by atoms with Crippen LogP contribution >= 0.6 is 46.7 Å². The van der Waals surface area contributed by atoms with Gasteiger partial charge < -0.3 is 39.0 Å². The van der Waals surface area contributed by atoms with E-state index in [1.807, 2.05) is 42.5 Å². The molecule has 4 aromatic heterocycles. The number of benzene rings is 6. The van der Waals surface area contributed by atoms with E-state index in [9.17, 15) is 55.1 Å². The van der Waals surface area contributed by atoms with E-state index in [0.717, 1.165) is 186 Å². The number of nitrogens with one attached hydrogen (secondary N) is 4. The maximum Gasteiger partial charge on any atom is 0.275 e. The molecule has 2 amide bonds. The van der Waals surface area contributed by atoms with E-state index in [2.05, 4.69) is 118 Å². The van der Waals surface area contributed by atoms with Gasteiger partial charge in [0.25, 0.3) is 43.2 Å². The van der Waals surface area contributed by atoms with Gasteiger partial charge in [-0.15, -0.1) is 23.5 Å². The number of piperazine rings is 3. The highest BCUT2D eigenvalue weighted by Crippen LogP contribution is 2.48. The molecule has 0 unspecified atom stereocenters. The van der Waals surface area contributed by atoms with Gasteiger partial charge in [0.15, 0.2) is 0 Å². The molecule has 129 heavy (non-hydrogen) atoms. The van der Waals surface area contributed by atoms with Gasteiger partial charge in [0.1, 0.15) is 44.1 Å². The number of sulfone groups is 1. The fourth-order valence-corrected chi connectivity index (χ4v) is 24.0. The normalized spacial score (nSPS) is 19.0. The highest BCUT2D eigenvalue weighted by atomic mass is 35.5. The number of rotatable bonds is 26. The summed E-state index contributed by atoms with van der Waals surface area (Å²) in [4.78, 5) is 81.0. The number of pyridine rings is 2. The summed E-state index contributed by atoms with van der Waals surface area (Å²) in [5.41, 5.74) is 11.7. The van der Waals surface area contributed by atoms with Gasteiger partial charge in [0, 0.05) is 199 Å². The minimum absolute atomic E-state index is 0.0120. The zero-order valence-corrected chi connectivity index (χ0v) is 78.5. The molecular weight excluding hydrogens is 1780 g/mol. The van der Waals surface area contributed by atoms with Crippen molar-refractivity contribution in [2.24, 2.45) is 22.7 Å². The lowest BCUT2D eigenvalue weighted by atomic mass is 9.72. The first-order chi connectivity index (χ1) is 61.6. The van der Waals surface area contributed by atoms with E-state index in [1.54, 1.807) is 55.0 Å². The molecule has 0 spiro atoms. The van der Waals surface area contributed by atoms with Crippen molar-refractivity contribution in [3.63, 3.8) is 0 Å². The molecule has 10 aromatic rings. The summed E-state index contributed by atoms with van der Waals surface area (Å²) in [6.45, 7) is 22.2. The van der Waals surface area contributed by atoms with E-state index in [4.69, 9.17) is 32.7 Å². The molecule has 0 saturated carbocycles. The van der Waals surface area contributed by atoms with Crippen molar-refractivity contribution < 1.29 is 54.2 Å². The van der Waals surface area contributed by atoms with Crippen LogP contribution in [-0.4, -0.2) is 215 Å². The third-order valence-electron chi connectivity index (χ3n) is 25.8. The van der Waals surface area contributed by atoms with Gasteiger partial charge >= 0.3 is 0 Å². The third kappa shape index (κ3) is 22.6. The van der Waals surface area contributed by atoms with Crippen LogP contribution in [0.2, 0.25) is 10.0 Å². The molecule has 17 rings (SSSR count). The Kier molecular flexibility index (Phi) is 27.8. The SMILES string of the molecule is CC1(C)CCC(CN2CCN(c3ccc(C(=O)NS(=O)(=O)c4cc5c(c([N+](=O)[O-])c4)C[C@@H](CCS(C)(=O)=O)CS5)c(Oc4cnc5[nH]ccc5c4)c3)CC2)=C(c2ccc(Cl)cc2)C1.CN1CCN(CC[C@H]2CSc3cc(S(=O)(=O)NC(=O)c4ccc(N5CCN(CC6=C(c7ccc(Cl)cc7)CC(C)(C)CC6)CC5)cc4Oc4cnc5[nH]ccc5c4)cc([N+](=O)[O-])c3C2)CC1. The Bertz CT molecular complexity index is 6370. The highest BCUT2D eigenvalue weighted by molar-refractivity contribution is 7.99. The lowest BCUT2D eigenvalue weighted by Crippen LogP contribution is -2.47. The monoisotopic (exact) mass is 1880 g/mol. The molecule has 3 fully saturated rings. The summed E-state index contributed by atoms with van der Waals surface area (Å²) in [5.74, 6) is 0.268. The predicted molar refractivity (Wildman–Crippen MR) is 509 cm³/mol. The number of nitro benzene ring substituents is 2. The van der Waals surface area contributed by atoms with Crippen LogP contribution in [0.5, 0.6) is 23.0 Å². The maximum atomic E-state index is 14.1. The van der Waals surface area contributed by atoms with Gasteiger partial charge in [0.2, 0.25) is 0 Å². The lowest BCUT2D eigenvalue weighted by Gasteiger charge is -2.39. The number of fused-ring (bicyclic) bond motifs is 4. The number of carbonyl (C=O) groups is 2. The van der Waals surface area contributed by atoms with E-state index >= 15 is 0 Å². The van der Waals surface area contributed by atoms with Crippen molar-refractivity contribution in [2.45, 2.75) is 111 Å². The predicted octanol–water partition coefficient (Wildman–Crippen LogP) is 17.2. The highest BCUT2D eigenvalue weighted by Gasteiger charge is 2.38.